The van der Waals surface area contributed by atoms with Gasteiger partial charge in [-0.15, -0.1) is 0 Å². The molecule has 1 aliphatic heterocycles. The molecule has 2 heteroatoms. The Kier molecular flexibility index (Phi) is 3.00. The summed E-state index contributed by atoms with van der Waals surface area (Å²) < 4.78 is 6.06. The Morgan fingerprint density at radius 1 is 0.833 bits per heavy atom. The van der Waals surface area contributed by atoms with Gasteiger partial charge in [0.2, 0.25) is 0 Å². The topological polar surface area (TPSA) is 32.8 Å². The van der Waals surface area contributed by atoms with Crippen molar-refractivity contribution in [2.24, 2.45) is 40.4 Å². The quantitative estimate of drug-likeness (QED) is 0.661. The number of aliphatic hydroxyl groups is 1. The molecular formula is C22H34O2. The molecule has 1 spiro atoms. The SMILES string of the molecule is C[C@]12CC[C@@H](O)C[C@@H]1CC[C@H]1[C@@H]3CC[C@@H]4[C@H]5O[C@H]5CCC43CC[C@@H]12. The Balaban J connectivity index is 1.32. The molecule has 0 radical (unpaired) electrons. The number of aliphatic hydroxyl groups excluding tert-OH is 1. The first-order valence-corrected chi connectivity index (χ1v) is 11.0. The maximum Gasteiger partial charge on any atom is 0.0875 e. The van der Waals surface area contributed by atoms with Crippen molar-refractivity contribution in [3.05, 3.63) is 0 Å². The number of ether oxygens (including phenoxy) is 1. The molecule has 6 fully saturated rings. The summed E-state index contributed by atoms with van der Waals surface area (Å²) in [5.74, 6) is 4.68. The standard InChI is InChI=1S/C22H34O2/c1-21-9-6-14(23)12-13(21)2-3-15-16(21)7-10-22-11-8-19-20(24-19)18(22)5-4-17(15)22/h13-20,23H,2-12H2,1H3/t13-,14+,15+,16-,17-,18+,19-,20+,21-,22?/m0/s1. The monoisotopic (exact) mass is 330 g/mol. The molecule has 1 N–H and O–H groups in total. The van der Waals surface area contributed by atoms with Crippen molar-refractivity contribution in [2.75, 3.05) is 0 Å². The maximum absolute atomic E-state index is 10.2. The largest absolute Gasteiger partial charge is 0.393 e. The van der Waals surface area contributed by atoms with Gasteiger partial charge in [0.25, 0.3) is 0 Å². The molecule has 1 heterocycles. The second-order valence-corrected chi connectivity index (χ2v) is 10.7. The first kappa shape index (κ1) is 15.0. The molecule has 1 saturated heterocycles. The molecule has 24 heavy (non-hydrogen) atoms. The van der Waals surface area contributed by atoms with E-state index in [4.69, 9.17) is 4.74 Å². The van der Waals surface area contributed by atoms with E-state index in [0.717, 1.165) is 42.4 Å². The summed E-state index contributed by atoms with van der Waals surface area (Å²) in [5.41, 5.74) is 1.21. The summed E-state index contributed by atoms with van der Waals surface area (Å²) in [6, 6.07) is 0. The fourth-order valence-electron chi connectivity index (χ4n) is 9.23. The Hall–Kier alpha value is -0.0800. The van der Waals surface area contributed by atoms with Crippen molar-refractivity contribution in [1.29, 1.82) is 0 Å². The van der Waals surface area contributed by atoms with Crippen LogP contribution in [0.3, 0.4) is 0 Å². The summed E-state index contributed by atoms with van der Waals surface area (Å²) in [6.07, 6.45) is 16.4. The predicted octanol–water partition coefficient (Wildman–Crippen LogP) is 4.55. The second-order valence-electron chi connectivity index (χ2n) is 10.7. The lowest BCUT2D eigenvalue weighted by Gasteiger charge is -2.62. The molecule has 0 amide bonds. The van der Waals surface area contributed by atoms with E-state index in [1.165, 1.54) is 57.8 Å². The minimum Gasteiger partial charge on any atom is -0.393 e. The number of fused-ring (bicyclic) bond motifs is 6. The third-order valence-corrected chi connectivity index (χ3v) is 10.3. The van der Waals surface area contributed by atoms with Crippen molar-refractivity contribution >= 4 is 0 Å². The van der Waals surface area contributed by atoms with Crippen molar-refractivity contribution < 1.29 is 9.84 Å². The third kappa shape index (κ3) is 1.76. The van der Waals surface area contributed by atoms with Crippen LogP contribution in [0, 0.1) is 40.4 Å². The Morgan fingerprint density at radius 2 is 1.67 bits per heavy atom. The average molecular weight is 331 g/mol. The Labute approximate surface area is 146 Å². The number of hydrogen-bond acceptors (Lipinski definition) is 2. The van der Waals surface area contributed by atoms with Gasteiger partial charge in [0.05, 0.1) is 18.3 Å². The van der Waals surface area contributed by atoms with E-state index in [0.29, 0.717) is 23.0 Å². The zero-order valence-electron chi connectivity index (χ0n) is 15.3. The molecule has 1 unspecified atom stereocenters. The normalized spacial score (nSPS) is 64.2. The van der Waals surface area contributed by atoms with Crippen LogP contribution < -0.4 is 0 Å². The minimum absolute atomic E-state index is 0.00675. The Bertz CT molecular complexity index is 546. The molecular weight excluding hydrogens is 296 g/mol. The first-order valence-electron chi connectivity index (χ1n) is 11.0. The van der Waals surface area contributed by atoms with Crippen LogP contribution in [0.25, 0.3) is 0 Å². The fourth-order valence-corrected chi connectivity index (χ4v) is 9.23. The predicted molar refractivity (Wildman–Crippen MR) is 93.4 cm³/mol. The molecule has 2 nitrogen and oxygen atoms in total. The summed E-state index contributed by atoms with van der Waals surface area (Å²) in [7, 11) is 0. The van der Waals surface area contributed by atoms with Crippen LogP contribution in [-0.4, -0.2) is 23.4 Å². The van der Waals surface area contributed by atoms with E-state index in [-0.39, 0.29) is 6.10 Å². The van der Waals surface area contributed by atoms with Gasteiger partial charge in [0, 0.05) is 0 Å². The van der Waals surface area contributed by atoms with E-state index in [1.54, 1.807) is 0 Å². The van der Waals surface area contributed by atoms with E-state index in [1.807, 2.05) is 0 Å². The smallest absolute Gasteiger partial charge is 0.0875 e. The number of rotatable bonds is 0. The zero-order chi connectivity index (χ0) is 16.1. The molecule has 0 bridgehead atoms. The summed E-state index contributed by atoms with van der Waals surface area (Å²) in [5, 5.41) is 10.2. The summed E-state index contributed by atoms with van der Waals surface area (Å²) in [4.78, 5) is 0. The minimum atomic E-state index is -0.00675. The zero-order valence-corrected chi connectivity index (χ0v) is 15.3. The second kappa shape index (κ2) is 4.80. The molecule has 0 aromatic rings. The van der Waals surface area contributed by atoms with Gasteiger partial charge in [-0.3, -0.25) is 0 Å². The van der Waals surface area contributed by atoms with Crippen LogP contribution in [0.1, 0.15) is 77.6 Å². The van der Waals surface area contributed by atoms with E-state index < -0.39 is 0 Å². The lowest BCUT2D eigenvalue weighted by molar-refractivity contribution is -0.134. The maximum atomic E-state index is 10.2. The van der Waals surface area contributed by atoms with Crippen molar-refractivity contribution in [3.8, 4) is 0 Å². The van der Waals surface area contributed by atoms with Gasteiger partial charge in [-0.25, -0.2) is 0 Å². The number of epoxide rings is 1. The highest BCUT2D eigenvalue weighted by Crippen LogP contribution is 2.71. The van der Waals surface area contributed by atoms with Crippen LogP contribution in [0.5, 0.6) is 0 Å². The molecule has 10 atom stereocenters. The van der Waals surface area contributed by atoms with Crippen molar-refractivity contribution in [3.63, 3.8) is 0 Å². The van der Waals surface area contributed by atoms with Gasteiger partial charge in [0.1, 0.15) is 0 Å². The lowest BCUT2D eigenvalue weighted by Crippen LogP contribution is -2.55. The van der Waals surface area contributed by atoms with Crippen LogP contribution in [0.2, 0.25) is 0 Å². The van der Waals surface area contributed by atoms with E-state index >= 15 is 0 Å². The van der Waals surface area contributed by atoms with Crippen LogP contribution >= 0.6 is 0 Å². The Morgan fingerprint density at radius 3 is 2.58 bits per heavy atom. The lowest BCUT2D eigenvalue weighted by atomic mass is 9.43. The van der Waals surface area contributed by atoms with E-state index in [9.17, 15) is 5.11 Å². The highest BCUT2D eigenvalue weighted by atomic mass is 16.6. The molecule has 134 valence electrons. The van der Waals surface area contributed by atoms with Crippen molar-refractivity contribution in [2.45, 2.75) is 95.9 Å². The molecule has 0 aromatic carbocycles. The molecule has 6 rings (SSSR count). The van der Waals surface area contributed by atoms with Gasteiger partial charge in [-0.05, 0) is 111 Å². The molecule has 5 aliphatic carbocycles. The van der Waals surface area contributed by atoms with Crippen molar-refractivity contribution in [1.82, 2.24) is 0 Å². The van der Waals surface area contributed by atoms with Gasteiger partial charge < -0.3 is 9.84 Å². The molecule has 6 aliphatic rings. The molecule has 0 aromatic heterocycles. The molecule has 5 saturated carbocycles. The van der Waals surface area contributed by atoms with Gasteiger partial charge in [-0.2, -0.15) is 0 Å². The van der Waals surface area contributed by atoms with Gasteiger partial charge >= 0.3 is 0 Å². The van der Waals surface area contributed by atoms with Gasteiger partial charge in [0.15, 0.2) is 0 Å². The van der Waals surface area contributed by atoms with Crippen LogP contribution in [0.4, 0.5) is 0 Å². The van der Waals surface area contributed by atoms with E-state index in [2.05, 4.69) is 6.92 Å². The van der Waals surface area contributed by atoms with Gasteiger partial charge in [-0.1, -0.05) is 6.92 Å². The van der Waals surface area contributed by atoms with Crippen LogP contribution in [-0.2, 0) is 4.74 Å². The fraction of sp³-hybridized carbons (Fsp3) is 1.00. The first-order chi connectivity index (χ1) is 11.6. The number of hydrogen-bond donors (Lipinski definition) is 1. The average Bonchev–Trinajstić information content (AvgIpc) is 3.26. The highest BCUT2D eigenvalue weighted by molar-refractivity contribution is 5.16. The third-order valence-electron chi connectivity index (χ3n) is 10.3. The summed E-state index contributed by atoms with van der Waals surface area (Å²) >= 11 is 0. The highest BCUT2D eigenvalue weighted by Gasteiger charge is 2.67. The van der Waals surface area contributed by atoms with Crippen LogP contribution in [0.15, 0.2) is 0 Å². The summed E-state index contributed by atoms with van der Waals surface area (Å²) in [6.45, 7) is 2.62.